The molecule has 0 radical (unpaired) electrons. The lowest BCUT2D eigenvalue weighted by atomic mass is 9.25. The molecule has 0 aromatic rings. The zero-order chi connectivity index (χ0) is 21.6. The largest absolute Gasteiger partial charge is 0.481 e. The molecule has 0 aliphatic heterocycles. The molecule has 8 aliphatic rings. The summed E-state index contributed by atoms with van der Waals surface area (Å²) in [4.78, 5) is 25.5. The summed E-state index contributed by atoms with van der Waals surface area (Å²) >= 11 is 0. The normalized spacial score (nSPS) is 62.7. The fourth-order valence-electron chi connectivity index (χ4n) is 13.0. The van der Waals surface area contributed by atoms with Crippen LogP contribution in [0.1, 0.15) is 105 Å². The molecule has 8 fully saturated rings. The molecule has 4 nitrogen and oxygen atoms in total. The minimum absolute atomic E-state index is 0.115. The monoisotopic (exact) mass is 414 g/mol. The first-order chi connectivity index (χ1) is 13.6. The van der Waals surface area contributed by atoms with E-state index in [-0.39, 0.29) is 16.2 Å². The second-order valence-corrected chi connectivity index (χ2v) is 15.1. The Morgan fingerprint density at radius 3 is 1.10 bits per heavy atom. The number of rotatable bonds is 3. The predicted molar refractivity (Wildman–Crippen MR) is 113 cm³/mol. The quantitative estimate of drug-likeness (QED) is 0.604. The molecule has 30 heavy (non-hydrogen) atoms. The van der Waals surface area contributed by atoms with Crippen molar-refractivity contribution in [2.75, 3.05) is 0 Å². The van der Waals surface area contributed by atoms with Crippen LogP contribution in [0.15, 0.2) is 0 Å². The smallest absolute Gasteiger partial charge is 0.309 e. The van der Waals surface area contributed by atoms with E-state index in [4.69, 9.17) is 0 Å². The summed E-state index contributed by atoms with van der Waals surface area (Å²) in [5, 5.41) is 20.9. The number of carbonyl (C=O) groups is 2. The van der Waals surface area contributed by atoms with Crippen molar-refractivity contribution in [3.63, 3.8) is 0 Å². The predicted octanol–water partition coefficient (Wildman–Crippen LogP) is 5.89. The Morgan fingerprint density at radius 2 is 0.767 bits per heavy atom. The zero-order valence-corrected chi connectivity index (χ0v) is 19.2. The third kappa shape index (κ3) is 2.14. The highest BCUT2D eigenvalue weighted by Crippen LogP contribution is 2.85. The van der Waals surface area contributed by atoms with E-state index < -0.39 is 22.8 Å². The number of hydrogen-bond donors (Lipinski definition) is 2. The third-order valence-electron chi connectivity index (χ3n) is 11.2. The highest BCUT2D eigenvalue weighted by atomic mass is 16.4. The summed E-state index contributed by atoms with van der Waals surface area (Å²) in [6, 6.07) is 0. The number of hydrogen-bond acceptors (Lipinski definition) is 2. The molecular weight excluding hydrogens is 376 g/mol. The van der Waals surface area contributed by atoms with Gasteiger partial charge in [0.05, 0.1) is 10.8 Å². The summed E-state index contributed by atoms with van der Waals surface area (Å²) in [5.74, 6) is -1.45. The van der Waals surface area contributed by atoms with Gasteiger partial charge >= 0.3 is 11.9 Å². The van der Waals surface area contributed by atoms with Crippen molar-refractivity contribution in [3.05, 3.63) is 0 Å². The van der Waals surface area contributed by atoms with Gasteiger partial charge in [-0.1, -0.05) is 27.7 Å². The third-order valence-corrected chi connectivity index (χ3v) is 11.2. The Labute approximate surface area is 180 Å². The fraction of sp³-hybridized carbons (Fsp3) is 0.923. The van der Waals surface area contributed by atoms with Crippen LogP contribution in [-0.2, 0) is 9.59 Å². The van der Waals surface area contributed by atoms with Gasteiger partial charge in [0, 0.05) is 0 Å². The van der Waals surface area contributed by atoms with Crippen LogP contribution >= 0.6 is 0 Å². The van der Waals surface area contributed by atoms with Crippen molar-refractivity contribution < 1.29 is 19.8 Å². The number of carboxylic acid groups (broad SMARTS) is 2. The molecular formula is C26H38O4. The van der Waals surface area contributed by atoms with Gasteiger partial charge in [0.15, 0.2) is 0 Å². The van der Waals surface area contributed by atoms with E-state index in [9.17, 15) is 19.8 Å². The topological polar surface area (TPSA) is 74.6 Å². The average molecular weight is 415 g/mol. The summed E-state index contributed by atoms with van der Waals surface area (Å²) in [5.41, 5.74) is -0.860. The van der Waals surface area contributed by atoms with Crippen molar-refractivity contribution in [1.29, 1.82) is 0 Å². The minimum Gasteiger partial charge on any atom is -0.481 e. The van der Waals surface area contributed by atoms with Gasteiger partial charge in [-0.3, -0.25) is 9.59 Å². The number of carboxylic acids is 2. The number of aliphatic carboxylic acids is 2. The maximum Gasteiger partial charge on any atom is 0.309 e. The molecule has 0 aromatic carbocycles. The van der Waals surface area contributed by atoms with Gasteiger partial charge in [0.25, 0.3) is 0 Å². The molecule has 2 atom stereocenters. The highest BCUT2D eigenvalue weighted by molar-refractivity contribution is 5.81. The van der Waals surface area contributed by atoms with Gasteiger partial charge in [-0.05, 0) is 110 Å². The Bertz CT molecular complexity index is 802. The van der Waals surface area contributed by atoms with Crippen molar-refractivity contribution in [2.45, 2.75) is 105 Å². The molecule has 2 N–H and O–H groups in total. The van der Waals surface area contributed by atoms with Crippen LogP contribution in [0.25, 0.3) is 0 Å². The summed E-state index contributed by atoms with van der Waals surface area (Å²) < 4.78 is 0. The van der Waals surface area contributed by atoms with Crippen molar-refractivity contribution in [2.24, 2.45) is 43.3 Å². The Hall–Kier alpha value is -1.06. The molecule has 8 rings (SSSR count). The SMILES string of the molecule is CC12CC3(C)CC(C)(C1)CC(C14CC5(C)CC(C(=O)O)(CC(C(=O)O)(C5)C1)C4)(C2)C3. The van der Waals surface area contributed by atoms with Crippen molar-refractivity contribution in [1.82, 2.24) is 0 Å². The fourth-order valence-corrected chi connectivity index (χ4v) is 13.0. The van der Waals surface area contributed by atoms with E-state index in [1.54, 1.807) is 0 Å². The first kappa shape index (κ1) is 19.6. The minimum atomic E-state index is -0.839. The second kappa shape index (κ2) is 4.81. The standard InChI is InChI=1S/C26H38O4/c1-19-5-20(2)7-21(3,6-19)12-25(10-19,11-20)26-13-22(4)8-23(15-26,17(27)28)14-24(9-22,16-26)18(29)30/h5-16H2,1-4H3,(H,27,28)(H,29,30). The zero-order valence-electron chi connectivity index (χ0n) is 19.2. The van der Waals surface area contributed by atoms with Gasteiger partial charge in [-0.2, -0.15) is 0 Å². The first-order valence-corrected chi connectivity index (χ1v) is 12.1. The van der Waals surface area contributed by atoms with Gasteiger partial charge < -0.3 is 10.2 Å². The van der Waals surface area contributed by atoms with E-state index in [1.807, 2.05) is 0 Å². The van der Waals surface area contributed by atoms with Crippen LogP contribution in [0.5, 0.6) is 0 Å². The summed E-state index contributed by atoms with van der Waals surface area (Å²) in [6.07, 6.45) is 11.6. The van der Waals surface area contributed by atoms with E-state index in [0.717, 1.165) is 19.3 Å². The second-order valence-electron chi connectivity index (χ2n) is 15.1. The van der Waals surface area contributed by atoms with Gasteiger partial charge in [-0.25, -0.2) is 0 Å². The van der Waals surface area contributed by atoms with Crippen LogP contribution in [0.4, 0.5) is 0 Å². The van der Waals surface area contributed by atoms with E-state index in [1.165, 1.54) is 38.5 Å². The molecule has 166 valence electrons. The molecule has 2 unspecified atom stereocenters. The van der Waals surface area contributed by atoms with Gasteiger partial charge in [0.1, 0.15) is 0 Å². The van der Waals surface area contributed by atoms with Crippen molar-refractivity contribution in [3.8, 4) is 0 Å². The molecule has 8 saturated carbocycles. The van der Waals surface area contributed by atoms with Crippen LogP contribution in [0.3, 0.4) is 0 Å². The van der Waals surface area contributed by atoms with Crippen LogP contribution in [-0.4, -0.2) is 22.2 Å². The van der Waals surface area contributed by atoms with Crippen LogP contribution in [0, 0.1) is 43.3 Å². The Balaban J connectivity index is 1.56. The van der Waals surface area contributed by atoms with Gasteiger partial charge in [-0.15, -0.1) is 0 Å². The maximum atomic E-state index is 12.7. The maximum absolute atomic E-state index is 12.7. The Kier molecular flexibility index (Phi) is 3.14. The lowest BCUT2D eigenvalue weighted by molar-refractivity contribution is -0.294. The Morgan fingerprint density at radius 1 is 0.467 bits per heavy atom. The average Bonchev–Trinajstić information content (AvgIpc) is 2.47. The molecule has 4 heteroatoms. The lowest BCUT2D eigenvalue weighted by Crippen LogP contribution is -2.72. The summed E-state index contributed by atoms with van der Waals surface area (Å²) in [7, 11) is 0. The first-order valence-electron chi connectivity index (χ1n) is 12.1. The van der Waals surface area contributed by atoms with Gasteiger partial charge in [0.2, 0.25) is 0 Å². The van der Waals surface area contributed by atoms with E-state index in [2.05, 4.69) is 27.7 Å². The molecule has 0 amide bonds. The molecule has 0 heterocycles. The van der Waals surface area contributed by atoms with Crippen LogP contribution in [0.2, 0.25) is 0 Å². The summed E-state index contributed by atoms with van der Waals surface area (Å²) in [6.45, 7) is 9.67. The van der Waals surface area contributed by atoms with Crippen molar-refractivity contribution >= 4 is 11.9 Å². The molecule has 0 saturated heterocycles. The van der Waals surface area contributed by atoms with E-state index >= 15 is 0 Å². The molecule has 0 aromatic heterocycles. The molecule has 0 spiro atoms. The highest BCUT2D eigenvalue weighted by Gasteiger charge is 2.78. The molecule has 8 bridgehead atoms. The lowest BCUT2D eigenvalue weighted by Gasteiger charge is -2.78. The molecule has 8 aliphatic carbocycles. The van der Waals surface area contributed by atoms with Crippen LogP contribution < -0.4 is 0 Å². The van der Waals surface area contributed by atoms with E-state index in [0.29, 0.717) is 35.5 Å².